The fourth-order valence-corrected chi connectivity index (χ4v) is 2.96. The minimum Gasteiger partial charge on any atom is -0.480 e. The Kier molecular flexibility index (Phi) is 5.01. The number of amides is 2. The maximum absolute atomic E-state index is 12.6. The minimum absolute atomic E-state index is 0.0536. The van der Waals surface area contributed by atoms with Crippen molar-refractivity contribution < 1.29 is 19.5 Å². The van der Waals surface area contributed by atoms with Crippen LogP contribution in [-0.2, 0) is 27.5 Å². The Balaban J connectivity index is 1.67. The third-order valence-corrected chi connectivity index (χ3v) is 4.29. The predicted octanol–water partition coefficient (Wildman–Crippen LogP) is 1.41. The number of nitrogens with zero attached hydrogens (tertiary/aromatic N) is 3. The number of hydrogen-bond acceptors (Lipinski definition) is 4. The van der Waals surface area contributed by atoms with Gasteiger partial charge in [-0.05, 0) is 18.9 Å². The first-order valence-electron chi connectivity index (χ1n) is 8.33. The van der Waals surface area contributed by atoms with Crippen LogP contribution >= 0.6 is 0 Å². The Bertz CT molecular complexity index is 828. The van der Waals surface area contributed by atoms with Gasteiger partial charge in [-0.25, -0.2) is 0 Å². The topological polar surface area (TPSA) is 105 Å². The molecule has 1 saturated heterocycles. The van der Waals surface area contributed by atoms with E-state index in [-0.39, 0.29) is 24.2 Å². The molecule has 26 heavy (non-hydrogen) atoms. The molecule has 1 aromatic heterocycles. The Morgan fingerprint density at radius 2 is 2.00 bits per heavy atom. The van der Waals surface area contributed by atoms with E-state index in [0.29, 0.717) is 19.4 Å². The van der Waals surface area contributed by atoms with Gasteiger partial charge >= 0.3 is 5.97 Å². The van der Waals surface area contributed by atoms with Crippen molar-refractivity contribution in [2.24, 2.45) is 0 Å². The van der Waals surface area contributed by atoms with Crippen LogP contribution in [0.2, 0.25) is 0 Å². The number of anilines is 1. The van der Waals surface area contributed by atoms with Crippen LogP contribution in [-0.4, -0.2) is 43.6 Å². The van der Waals surface area contributed by atoms with E-state index in [4.69, 9.17) is 5.11 Å². The number of nitrogens with one attached hydrogen (secondary N) is 1. The third-order valence-electron chi connectivity index (χ3n) is 4.29. The molecule has 1 atom stereocenters. The van der Waals surface area contributed by atoms with E-state index in [9.17, 15) is 14.4 Å². The van der Waals surface area contributed by atoms with E-state index < -0.39 is 12.0 Å². The highest BCUT2D eigenvalue weighted by Gasteiger charge is 2.36. The molecule has 1 aromatic carbocycles. The molecule has 1 aliphatic heterocycles. The van der Waals surface area contributed by atoms with Crippen LogP contribution in [0.25, 0.3) is 0 Å². The van der Waals surface area contributed by atoms with E-state index >= 15 is 0 Å². The molecule has 0 saturated carbocycles. The fraction of sp³-hybridized carbons (Fsp3) is 0.333. The van der Waals surface area contributed by atoms with Crippen molar-refractivity contribution in [2.45, 2.75) is 38.9 Å². The molecule has 0 spiro atoms. The standard InChI is InChI=1S/C18H20N4O4/c1-12-2-4-13(5-3-12)10-22-14(6-7-16(22)23)18(26)19-15-8-9-21(20-15)11-17(24)25/h2-5,8-9,14H,6-7,10-11H2,1H3,(H,24,25)(H,19,20,26)/t14-/m1/s1. The molecule has 0 aliphatic carbocycles. The first kappa shape index (κ1) is 17.7. The van der Waals surface area contributed by atoms with Gasteiger partial charge in [0.25, 0.3) is 0 Å². The Labute approximate surface area is 150 Å². The average molecular weight is 356 g/mol. The first-order chi connectivity index (χ1) is 12.4. The van der Waals surface area contributed by atoms with Gasteiger partial charge in [-0.3, -0.25) is 19.1 Å². The summed E-state index contributed by atoms with van der Waals surface area (Å²) in [6, 6.07) is 8.81. The zero-order chi connectivity index (χ0) is 18.7. The normalized spacial score (nSPS) is 16.7. The molecular weight excluding hydrogens is 336 g/mol. The second-order valence-corrected chi connectivity index (χ2v) is 6.34. The van der Waals surface area contributed by atoms with Crippen LogP contribution in [0.3, 0.4) is 0 Å². The molecular formula is C18H20N4O4. The summed E-state index contributed by atoms with van der Waals surface area (Å²) in [4.78, 5) is 37.0. The number of aliphatic carboxylic acids is 1. The SMILES string of the molecule is Cc1ccc(CN2C(=O)CC[C@@H]2C(=O)Nc2ccn(CC(=O)O)n2)cc1. The summed E-state index contributed by atoms with van der Waals surface area (Å²) in [5, 5.41) is 15.4. The van der Waals surface area contributed by atoms with Crippen molar-refractivity contribution in [2.75, 3.05) is 5.32 Å². The van der Waals surface area contributed by atoms with Crippen molar-refractivity contribution in [1.29, 1.82) is 0 Å². The summed E-state index contributed by atoms with van der Waals surface area (Å²) < 4.78 is 1.22. The number of carboxylic acid groups (broad SMARTS) is 1. The highest BCUT2D eigenvalue weighted by atomic mass is 16.4. The van der Waals surface area contributed by atoms with Gasteiger partial charge in [0.15, 0.2) is 5.82 Å². The lowest BCUT2D eigenvalue weighted by Gasteiger charge is -2.24. The number of aryl methyl sites for hydroxylation is 1. The number of hydrogen-bond donors (Lipinski definition) is 2. The van der Waals surface area contributed by atoms with Crippen LogP contribution in [0.4, 0.5) is 5.82 Å². The molecule has 2 aromatic rings. The van der Waals surface area contributed by atoms with Gasteiger partial charge in [-0.1, -0.05) is 29.8 Å². The molecule has 0 unspecified atom stereocenters. The minimum atomic E-state index is -1.02. The molecule has 3 rings (SSSR count). The van der Waals surface area contributed by atoms with Gasteiger partial charge in [0.2, 0.25) is 11.8 Å². The smallest absolute Gasteiger partial charge is 0.325 e. The summed E-state index contributed by atoms with van der Waals surface area (Å²) in [5.41, 5.74) is 2.10. The zero-order valence-corrected chi connectivity index (χ0v) is 14.4. The maximum atomic E-state index is 12.6. The zero-order valence-electron chi connectivity index (χ0n) is 14.4. The quantitative estimate of drug-likeness (QED) is 0.814. The summed E-state index contributed by atoms with van der Waals surface area (Å²) in [6.07, 6.45) is 2.26. The lowest BCUT2D eigenvalue weighted by atomic mass is 10.1. The highest BCUT2D eigenvalue weighted by Crippen LogP contribution is 2.23. The van der Waals surface area contributed by atoms with Crippen molar-refractivity contribution in [1.82, 2.24) is 14.7 Å². The molecule has 0 bridgehead atoms. The highest BCUT2D eigenvalue weighted by molar-refractivity contribution is 5.98. The summed E-state index contributed by atoms with van der Waals surface area (Å²) in [5.74, 6) is -1.12. The van der Waals surface area contributed by atoms with Gasteiger partial charge in [-0.2, -0.15) is 5.10 Å². The molecule has 1 aliphatic rings. The van der Waals surface area contributed by atoms with E-state index in [2.05, 4.69) is 10.4 Å². The predicted molar refractivity (Wildman–Crippen MR) is 93.2 cm³/mol. The van der Waals surface area contributed by atoms with Crippen LogP contribution in [0.1, 0.15) is 24.0 Å². The van der Waals surface area contributed by atoms with Gasteiger partial charge in [0.05, 0.1) is 0 Å². The molecule has 2 N–H and O–H groups in total. The van der Waals surface area contributed by atoms with Crippen molar-refractivity contribution in [3.8, 4) is 0 Å². The number of carbonyl (C=O) groups excluding carboxylic acids is 2. The Hall–Kier alpha value is -3.16. The van der Waals surface area contributed by atoms with Gasteiger partial charge < -0.3 is 15.3 Å². The summed E-state index contributed by atoms with van der Waals surface area (Å²) >= 11 is 0. The van der Waals surface area contributed by atoms with Crippen LogP contribution in [0.15, 0.2) is 36.5 Å². The van der Waals surface area contributed by atoms with Crippen molar-refractivity contribution in [3.05, 3.63) is 47.7 Å². The number of carbonyl (C=O) groups is 3. The third kappa shape index (κ3) is 4.08. The molecule has 1 fully saturated rings. The molecule has 8 heteroatoms. The Morgan fingerprint density at radius 3 is 2.69 bits per heavy atom. The second kappa shape index (κ2) is 7.38. The monoisotopic (exact) mass is 356 g/mol. The van der Waals surface area contributed by atoms with E-state index in [1.165, 1.54) is 16.9 Å². The second-order valence-electron chi connectivity index (χ2n) is 6.34. The van der Waals surface area contributed by atoms with E-state index in [1.54, 1.807) is 4.90 Å². The van der Waals surface area contributed by atoms with E-state index in [1.807, 2.05) is 31.2 Å². The van der Waals surface area contributed by atoms with Crippen LogP contribution in [0.5, 0.6) is 0 Å². The van der Waals surface area contributed by atoms with Crippen LogP contribution < -0.4 is 5.32 Å². The maximum Gasteiger partial charge on any atom is 0.325 e. The van der Waals surface area contributed by atoms with Gasteiger partial charge in [-0.15, -0.1) is 0 Å². The number of carboxylic acids is 1. The van der Waals surface area contributed by atoms with Gasteiger partial charge in [0, 0.05) is 25.2 Å². The first-order valence-corrected chi connectivity index (χ1v) is 8.33. The van der Waals surface area contributed by atoms with E-state index in [0.717, 1.165) is 11.1 Å². The molecule has 136 valence electrons. The molecule has 8 nitrogen and oxygen atoms in total. The summed E-state index contributed by atoms with van der Waals surface area (Å²) in [6.45, 7) is 2.09. The lowest BCUT2D eigenvalue weighted by Crippen LogP contribution is -2.41. The van der Waals surface area contributed by atoms with Crippen molar-refractivity contribution in [3.63, 3.8) is 0 Å². The average Bonchev–Trinajstić information content (AvgIpc) is 3.16. The van der Waals surface area contributed by atoms with Crippen LogP contribution in [0, 0.1) is 6.92 Å². The number of benzene rings is 1. The number of rotatable bonds is 6. The lowest BCUT2D eigenvalue weighted by molar-refractivity contribution is -0.138. The van der Waals surface area contributed by atoms with Gasteiger partial charge in [0.1, 0.15) is 12.6 Å². The fourth-order valence-electron chi connectivity index (χ4n) is 2.96. The largest absolute Gasteiger partial charge is 0.480 e. The molecule has 2 amide bonds. The molecule has 0 radical (unpaired) electrons. The number of aromatic nitrogens is 2. The molecule has 2 heterocycles. The Morgan fingerprint density at radius 1 is 1.27 bits per heavy atom. The number of likely N-dealkylation sites (tertiary alicyclic amines) is 1. The summed E-state index contributed by atoms with van der Waals surface area (Å²) in [7, 11) is 0. The van der Waals surface area contributed by atoms with Crippen molar-refractivity contribution >= 4 is 23.6 Å².